The number of primary amides is 1. The maximum atomic E-state index is 13.2. The van der Waals surface area contributed by atoms with E-state index in [4.69, 9.17) is 10.5 Å². The van der Waals surface area contributed by atoms with E-state index in [-0.39, 0.29) is 0 Å². The maximum absolute atomic E-state index is 13.2. The normalized spacial score (nSPS) is 21.4. The molecular weight excluding hydrogens is 378 g/mol. The molecule has 2 aliphatic heterocycles. The minimum Gasteiger partial charge on any atom is -0.381 e. The summed E-state index contributed by atoms with van der Waals surface area (Å²) in [4.78, 5) is 23.3. The van der Waals surface area contributed by atoms with Crippen molar-refractivity contribution in [1.82, 2.24) is 14.3 Å². The number of nitrogens with zero attached hydrogens (tertiary/aromatic N) is 4. The summed E-state index contributed by atoms with van der Waals surface area (Å²) in [7, 11) is -1.45. The Balaban J connectivity index is 1.56. The Hall–Kier alpha value is -1.58. The Kier molecular flexibility index (Phi) is 7.36. The van der Waals surface area contributed by atoms with Gasteiger partial charge in [-0.1, -0.05) is 19.8 Å². The van der Waals surface area contributed by atoms with Gasteiger partial charge in [-0.25, -0.2) is 13.5 Å². The number of ether oxygens (including phenoxy) is 1. The molecule has 1 aromatic heterocycles. The van der Waals surface area contributed by atoms with Crippen molar-refractivity contribution in [2.75, 3.05) is 44.3 Å². The summed E-state index contributed by atoms with van der Waals surface area (Å²) in [5.74, 6) is 0.362. The number of nitrogens with two attached hydrogens (primary N) is 1. The Labute approximate surface area is 169 Å². The molecule has 0 spiro atoms. The molecule has 1 unspecified atom stereocenters. The van der Waals surface area contributed by atoms with Gasteiger partial charge in [-0.15, -0.1) is 0 Å². The van der Waals surface area contributed by atoms with Crippen molar-refractivity contribution in [3.63, 3.8) is 0 Å². The molecule has 2 saturated heterocycles. The first-order chi connectivity index (χ1) is 13.6. The van der Waals surface area contributed by atoms with Crippen molar-refractivity contribution < 1.29 is 13.7 Å². The highest BCUT2D eigenvalue weighted by molar-refractivity contribution is 7.85. The largest absolute Gasteiger partial charge is 0.381 e. The summed E-state index contributed by atoms with van der Waals surface area (Å²) in [5.41, 5.74) is 6.67. The van der Waals surface area contributed by atoms with Crippen LogP contribution >= 0.6 is 0 Å². The molecule has 0 saturated carbocycles. The van der Waals surface area contributed by atoms with Crippen LogP contribution in [0.25, 0.3) is 0 Å². The molecule has 8 nitrogen and oxygen atoms in total. The summed E-state index contributed by atoms with van der Waals surface area (Å²) in [6.07, 6.45) is 9.04. The van der Waals surface area contributed by atoms with Crippen LogP contribution in [0.4, 0.5) is 5.82 Å². The number of carbonyl (C=O) groups is 1. The van der Waals surface area contributed by atoms with Crippen molar-refractivity contribution >= 4 is 22.7 Å². The molecule has 9 heteroatoms. The van der Waals surface area contributed by atoms with E-state index in [1.54, 1.807) is 0 Å². The van der Waals surface area contributed by atoms with E-state index < -0.39 is 21.6 Å². The number of hydrogen-bond acceptors (Lipinski definition) is 6. The van der Waals surface area contributed by atoms with E-state index >= 15 is 0 Å². The first kappa shape index (κ1) is 21.1. The molecule has 0 aliphatic carbocycles. The monoisotopic (exact) mass is 409 g/mol. The smallest absolute Gasteiger partial charge is 0.237 e. The lowest BCUT2D eigenvalue weighted by Crippen LogP contribution is -2.58. The van der Waals surface area contributed by atoms with Crippen molar-refractivity contribution in [2.24, 2.45) is 5.73 Å². The Morgan fingerprint density at radius 3 is 2.46 bits per heavy atom. The van der Waals surface area contributed by atoms with Crippen LogP contribution in [0, 0.1) is 0 Å². The lowest BCUT2D eigenvalue weighted by atomic mass is 9.98. The van der Waals surface area contributed by atoms with Gasteiger partial charge in [-0.2, -0.15) is 0 Å². The number of carbonyl (C=O) groups excluding carboxylic acids is 1. The van der Waals surface area contributed by atoms with Gasteiger partial charge in [0.1, 0.15) is 21.6 Å². The summed E-state index contributed by atoms with van der Waals surface area (Å²) >= 11 is 0. The van der Waals surface area contributed by atoms with E-state index in [0.29, 0.717) is 52.2 Å². The number of aryl methyl sites for hydroxylation is 1. The molecule has 2 fully saturated rings. The van der Waals surface area contributed by atoms with Gasteiger partial charge < -0.3 is 15.4 Å². The van der Waals surface area contributed by atoms with Crippen LogP contribution in [0.5, 0.6) is 0 Å². The van der Waals surface area contributed by atoms with Crippen molar-refractivity contribution in [2.45, 2.75) is 50.2 Å². The standard InChI is InChI=1S/C19H31N5O3S/c1-2-3-4-5-16-14-22-17(15-21-16)23-8-10-24(11-9-23)28(26)19(18(20)25)6-12-27-13-7-19/h14-15H,2-13H2,1H3,(H2,20,25). The summed E-state index contributed by atoms with van der Waals surface area (Å²) in [6.45, 7) is 5.63. The molecule has 0 bridgehead atoms. The number of aromatic nitrogens is 2. The molecule has 28 heavy (non-hydrogen) atoms. The molecule has 1 amide bonds. The van der Waals surface area contributed by atoms with E-state index in [9.17, 15) is 9.00 Å². The number of piperazine rings is 1. The van der Waals surface area contributed by atoms with Gasteiger partial charge in [0, 0.05) is 39.4 Å². The highest BCUT2D eigenvalue weighted by atomic mass is 32.2. The van der Waals surface area contributed by atoms with Gasteiger partial charge in [0.05, 0.1) is 18.1 Å². The average Bonchev–Trinajstić information content (AvgIpc) is 2.74. The van der Waals surface area contributed by atoms with Gasteiger partial charge in [0.25, 0.3) is 0 Å². The van der Waals surface area contributed by atoms with Crippen molar-refractivity contribution in [1.29, 1.82) is 0 Å². The second-order valence-electron chi connectivity index (χ2n) is 7.46. The SMILES string of the molecule is CCCCCc1cnc(N2CCN(S(=O)C3(C(N)=O)CCOCC3)CC2)cn1. The Morgan fingerprint density at radius 2 is 1.89 bits per heavy atom. The second kappa shape index (κ2) is 9.76. The quantitative estimate of drug-likeness (QED) is 0.644. The summed E-state index contributed by atoms with van der Waals surface area (Å²) in [5, 5.41) is 0. The van der Waals surface area contributed by atoms with Gasteiger partial charge in [0.15, 0.2) is 0 Å². The topological polar surface area (TPSA) is 102 Å². The third-order valence-corrected chi connectivity index (χ3v) is 7.72. The van der Waals surface area contributed by atoms with Crippen LogP contribution in [0.2, 0.25) is 0 Å². The molecule has 0 radical (unpaired) electrons. The molecule has 3 rings (SSSR count). The van der Waals surface area contributed by atoms with Gasteiger partial charge in [-0.3, -0.25) is 9.78 Å². The number of rotatable bonds is 8. The van der Waals surface area contributed by atoms with Crippen LogP contribution in [0.15, 0.2) is 12.4 Å². The average molecular weight is 410 g/mol. The zero-order valence-corrected chi connectivity index (χ0v) is 17.5. The Morgan fingerprint density at radius 1 is 1.18 bits per heavy atom. The third-order valence-electron chi connectivity index (χ3n) is 5.61. The fourth-order valence-corrected chi connectivity index (χ4v) is 5.41. The van der Waals surface area contributed by atoms with Crippen LogP contribution in [-0.4, -0.2) is 68.5 Å². The fraction of sp³-hybridized carbons (Fsp3) is 0.737. The minimum atomic E-state index is -1.45. The molecule has 1 aromatic rings. The third kappa shape index (κ3) is 4.69. The highest BCUT2D eigenvalue weighted by Crippen LogP contribution is 2.30. The molecule has 3 heterocycles. The molecule has 1 atom stereocenters. The predicted octanol–water partition coefficient (Wildman–Crippen LogP) is 1.03. The zero-order chi connectivity index (χ0) is 20.0. The van der Waals surface area contributed by atoms with Crippen LogP contribution < -0.4 is 10.6 Å². The van der Waals surface area contributed by atoms with Crippen LogP contribution in [0.3, 0.4) is 0 Å². The van der Waals surface area contributed by atoms with Gasteiger partial charge in [-0.05, 0) is 25.7 Å². The lowest BCUT2D eigenvalue weighted by molar-refractivity contribution is -0.122. The first-order valence-electron chi connectivity index (χ1n) is 10.2. The summed E-state index contributed by atoms with van der Waals surface area (Å²) in [6, 6.07) is 0. The fourth-order valence-electron chi connectivity index (χ4n) is 3.73. The minimum absolute atomic E-state index is 0.417. The molecule has 2 N–H and O–H groups in total. The number of amides is 1. The van der Waals surface area contributed by atoms with E-state index in [1.165, 1.54) is 12.8 Å². The van der Waals surface area contributed by atoms with Gasteiger partial charge in [0.2, 0.25) is 5.91 Å². The van der Waals surface area contributed by atoms with Crippen LogP contribution in [0.1, 0.15) is 44.7 Å². The van der Waals surface area contributed by atoms with E-state index in [2.05, 4.69) is 21.8 Å². The number of anilines is 1. The summed E-state index contributed by atoms with van der Waals surface area (Å²) < 4.78 is 19.4. The number of hydrogen-bond donors (Lipinski definition) is 1. The van der Waals surface area contributed by atoms with E-state index in [1.807, 2.05) is 16.7 Å². The molecule has 2 aliphatic rings. The van der Waals surface area contributed by atoms with E-state index in [0.717, 1.165) is 24.4 Å². The molecular formula is C19H31N5O3S. The first-order valence-corrected chi connectivity index (χ1v) is 11.3. The zero-order valence-electron chi connectivity index (χ0n) is 16.6. The maximum Gasteiger partial charge on any atom is 0.237 e. The van der Waals surface area contributed by atoms with Crippen molar-refractivity contribution in [3.8, 4) is 0 Å². The van der Waals surface area contributed by atoms with Crippen molar-refractivity contribution in [3.05, 3.63) is 18.1 Å². The predicted molar refractivity (Wildman–Crippen MR) is 109 cm³/mol. The molecule has 156 valence electrons. The lowest BCUT2D eigenvalue weighted by Gasteiger charge is -2.40. The second-order valence-corrected chi connectivity index (χ2v) is 9.26. The highest BCUT2D eigenvalue weighted by Gasteiger charge is 2.47. The number of unbranched alkanes of at least 4 members (excludes halogenated alkanes) is 2. The van der Waals surface area contributed by atoms with Gasteiger partial charge >= 0.3 is 0 Å². The molecule has 0 aromatic carbocycles. The van der Waals surface area contributed by atoms with Crippen LogP contribution in [-0.2, 0) is 26.9 Å². The Bertz CT molecular complexity index is 671.